The molecule has 0 aliphatic carbocycles. The topological polar surface area (TPSA) is 108 Å². The molecule has 0 heterocycles. The van der Waals surface area contributed by atoms with Gasteiger partial charge in [-0.15, -0.1) is 0 Å². The Morgan fingerprint density at radius 3 is 2.43 bits per heavy atom. The van der Waals surface area contributed by atoms with Gasteiger partial charge in [-0.25, -0.2) is 5.43 Å². The number of nitriles is 1. The van der Waals surface area contributed by atoms with Crippen LogP contribution in [0.1, 0.15) is 16.7 Å². The molecule has 7 nitrogen and oxygen atoms in total. The number of nitro groups is 1. The summed E-state index contributed by atoms with van der Waals surface area (Å²) in [6.45, 7) is 0. The number of nitro benzene ring substituents is 1. The van der Waals surface area contributed by atoms with Crippen molar-refractivity contribution in [1.29, 1.82) is 5.26 Å². The Labute approximate surface area is 132 Å². The Morgan fingerprint density at radius 1 is 1.22 bits per heavy atom. The van der Waals surface area contributed by atoms with Gasteiger partial charge in [0, 0.05) is 12.1 Å². The van der Waals surface area contributed by atoms with Crippen molar-refractivity contribution in [2.75, 3.05) is 0 Å². The van der Waals surface area contributed by atoms with E-state index < -0.39 is 4.92 Å². The lowest BCUT2D eigenvalue weighted by atomic mass is 10.1. The van der Waals surface area contributed by atoms with Crippen molar-refractivity contribution in [2.45, 2.75) is 6.42 Å². The van der Waals surface area contributed by atoms with Crippen molar-refractivity contribution in [3.8, 4) is 6.07 Å². The Kier molecular flexibility index (Phi) is 5.15. The maximum atomic E-state index is 11.7. The second-order valence-corrected chi connectivity index (χ2v) is 4.63. The lowest BCUT2D eigenvalue weighted by Gasteiger charge is -2.00. The fourth-order valence-electron chi connectivity index (χ4n) is 1.78. The van der Waals surface area contributed by atoms with Gasteiger partial charge in [0.2, 0.25) is 5.91 Å². The van der Waals surface area contributed by atoms with Crippen molar-refractivity contribution in [3.63, 3.8) is 0 Å². The number of carbonyl (C=O) groups is 1. The van der Waals surface area contributed by atoms with Crippen LogP contribution in [0.3, 0.4) is 0 Å². The second-order valence-electron chi connectivity index (χ2n) is 4.63. The Balaban J connectivity index is 1.88. The van der Waals surface area contributed by atoms with Gasteiger partial charge in [0.1, 0.15) is 0 Å². The molecule has 1 amide bonds. The normalized spacial score (nSPS) is 10.2. The number of non-ortho nitro benzene ring substituents is 1. The zero-order chi connectivity index (χ0) is 16.7. The van der Waals surface area contributed by atoms with Gasteiger partial charge in [-0.05, 0) is 23.3 Å². The van der Waals surface area contributed by atoms with Gasteiger partial charge < -0.3 is 0 Å². The highest BCUT2D eigenvalue weighted by Crippen LogP contribution is 2.12. The average molecular weight is 308 g/mol. The monoisotopic (exact) mass is 308 g/mol. The quantitative estimate of drug-likeness (QED) is 0.518. The molecule has 0 aliphatic heterocycles. The third-order valence-corrected chi connectivity index (χ3v) is 2.95. The molecule has 0 aliphatic rings. The molecule has 0 bridgehead atoms. The third kappa shape index (κ3) is 4.75. The highest BCUT2D eigenvalue weighted by molar-refractivity contribution is 5.83. The summed E-state index contributed by atoms with van der Waals surface area (Å²) in [7, 11) is 0. The molecule has 0 unspecified atom stereocenters. The van der Waals surface area contributed by atoms with E-state index in [4.69, 9.17) is 5.26 Å². The van der Waals surface area contributed by atoms with E-state index >= 15 is 0 Å². The summed E-state index contributed by atoms with van der Waals surface area (Å²) < 4.78 is 0. The van der Waals surface area contributed by atoms with E-state index in [1.54, 1.807) is 24.3 Å². The van der Waals surface area contributed by atoms with Crippen molar-refractivity contribution in [1.82, 2.24) is 5.43 Å². The third-order valence-electron chi connectivity index (χ3n) is 2.95. The molecular formula is C16H12N4O3. The molecule has 23 heavy (non-hydrogen) atoms. The van der Waals surface area contributed by atoms with Crippen LogP contribution in [0, 0.1) is 21.4 Å². The lowest BCUT2D eigenvalue weighted by molar-refractivity contribution is -0.384. The smallest absolute Gasteiger partial charge is 0.269 e. The number of hydrazone groups is 1. The summed E-state index contributed by atoms with van der Waals surface area (Å²) in [5.74, 6) is -0.330. The molecule has 2 aromatic carbocycles. The van der Waals surface area contributed by atoms with Crippen LogP contribution in [-0.4, -0.2) is 17.0 Å². The maximum Gasteiger partial charge on any atom is 0.269 e. The largest absolute Gasteiger partial charge is 0.273 e. The Morgan fingerprint density at radius 2 is 1.87 bits per heavy atom. The first kappa shape index (κ1) is 15.9. The second kappa shape index (κ2) is 7.47. The van der Waals surface area contributed by atoms with E-state index in [-0.39, 0.29) is 18.0 Å². The van der Waals surface area contributed by atoms with Crippen molar-refractivity contribution < 1.29 is 9.72 Å². The maximum absolute atomic E-state index is 11.7. The first-order chi connectivity index (χ1) is 11.1. The molecule has 2 rings (SSSR count). The summed E-state index contributed by atoms with van der Waals surface area (Å²) >= 11 is 0. The zero-order valence-electron chi connectivity index (χ0n) is 12.0. The summed E-state index contributed by atoms with van der Waals surface area (Å²) in [6.07, 6.45) is 1.54. The number of nitrogens with one attached hydrogen (secondary N) is 1. The van der Waals surface area contributed by atoms with Gasteiger partial charge in [-0.3, -0.25) is 14.9 Å². The Hall–Kier alpha value is -3.53. The van der Waals surface area contributed by atoms with E-state index in [1.807, 2.05) is 6.07 Å². The fourth-order valence-corrected chi connectivity index (χ4v) is 1.78. The van der Waals surface area contributed by atoms with Gasteiger partial charge in [0.05, 0.1) is 29.2 Å². The van der Waals surface area contributed by atoms with Crippen LogP contribution < -0.4 is 5.43 Å². The van der Waals surface area contributed by atoms with Crippen LogP contribution in [0.2, 0.25) is 0 Å². The minimum absolute atomic E-state index is 0.0204. The summed E-state index contributed by atoms with van der Waals surface area (Å²) in [5, 5.41) is 23.1. The summed E-state index contributed by atoms with van der Waals surface area (Å²) in [6, 6.07) is 14.5. The number of hydrogen-bond acceptors (Lipinski definition) is 5. The lowest BCUT2D eigenvalue weighted by Crippen LogP contribution is -2.19. The average Bonchev–Trinajstić information content (AvgIpc) is 2.56. The zero-order valence-corrected chi connectivity index (χ0v) is 12.0. The standard InChI is InChI=1S/C16H12N4O3/c17-10-13-1-3-14(4-2-13)11-18-19-16(21)9-12-5-7-15(8-6-12)20(22)23/h1-8,11H,9H2,(H,19,21)/b18-11-. The van der Waals surface area contributed by atoms with Gasteiger partial charge in [-0.1, -0.05) is 24.3 Å². The predicted molar refractivity (Wildman–Crippen MR) is 83.7 cm³/mol. The minimum Gasteiger partial charge on any atom is -0.273 e. The molecule has 0 aromatic heterocycles. The van der Waals surface area contributed by atoms with E-state index in [0.717, 1.165) is 5.56 Å². The van der Waals surface area contributed by atoms with Crippen LogP contribution in [0.5, 0.6) is 0 Å². The summed E-state index contributed by atoms with van der Waals surface area (Å²) in [4.78, 5) is 21.8. The van der Waals surface area contributed by atoms with E-state index in [2.05, 4.69) is 10.5 Å². The predicted octanol–water partition coefficient (Wildman–Crippen LogP) is 2.16. The van der Waals surface area contributed by atoms with Gasteiger partial charge in [0.25, 0.3) is 5.69 Å². The molecular weight excluding hydrogens is 296 g/mol. The van der Waals surface area contributed by atoms with E-state index in [0.29, 0.717) is 11.1 Å². The SMILES string of the molecule is N#Cc1ccc(/C=N\NC(=O)Cc2ccc([N+](=O)[O-])cc2)cc1. The number of benzene rings is 2. The highest BCUT2D eigenvalue weighted by atomic mass is 16.6. The molecule has 114 valence electrons. The van der Waals surface area contributed by atoms with Crippen LogP contribution >= 0.6 is 0 Å². The van der Waals surface area contributed by atoms with Crippen molar-refractivity contribution in [2.24, 2.45) is 5.10 Å². The first-order valence-corrected chi connectivity index (χ1v) is 6.64. The van der Waals surface area contributed by atoms with Gasteiger partial charge in [-0.2, -0.15) is 10.4 Å². The molecule has 7 heteroatoms. The Bertz CT molecular complexity index is 774. The van der Waals surface area contributed by atoms with E-state index in [1.165, 1.54) is 30.5 Å². The highest BCUT2D eigenvalue weighted by Gasteiger charge is 2.06. The minimum atomic E-state index is -0.494. The van der Waals surface area contributed by atoms with Crippen molar-refractivity contribution in [3.05, 3.63) is 75.3 Å². The van der Waals surface area contributed by atoms with Crippen LogP contribution in [0.25, 0.3) is 0 Å². The van der Waals surface area contributed by atoms with E-state index in [9.17, 15) is 14.9 Å². The number of amides is 1. The van der Waals surface area contributed by atoms with Crippen LogP contribution in [-0.2, 0) is 11.2 Å². The van der Waals surface area contributed by atoms with Crippen LogP contribution in [0.15, 0.2) is 53.6 Å². The molecule has 0 saturated carbocycles. The fraction of sp³-hybridized carbons (Fsp3) is 0.0625. The molecule has 1 N–H and O–H groups in total. The number of carbonyl (C=O) groups excluding carboxylic acids is 1. The van der Waals surface area contributed by atoms with Crippen LogP contribution in [0.4, 0.5) is 5.69 Å². The molecule has 0 fully saturated rings. The molecule has 0 atom stereocenters. The summed E-state index contributed by atoms with van der Waals surface area (Å²) in [5.41, 5.74) is 4.31. The van der Waals surface area contributed by atoms with Crippen molar-refractivity contribution >= 4 is 17.8 Å². The molecule has 0 radical (unpaired) electrons. The molecule has 2 aromatic rings. The molecule has 0 spiro atoms. The number of nitrogens with zero attached hydrogens (tertiary/aromatic N) is 3. The molecule has 0 saturated heterocycles. The number of rotatable bonds is 5. The van der Waals surface area contributed by atoms with Gasteiger partial charge >= 0.3 is 0 Å². The first-order valence-electron chi connectivity index (χ1n) is 6.64. The van der Waals surface area contributed by atoms with Gasteiger partial charge in [0.15, 0.2) is 0 Å². The number of hydrogen-bond donors (Lipinski definition) is 1.